The molecule has 0 saturated carbocycles. The molecule has 0 radical (unpaired) electrons. The molecule has 1 N–H and O–H groups in total. The van der Waals surface area contributed by atoms with Crippen molar-refractivity contribution < 1.29 is 19.1 Å². The second-order valence-electron chi connectivity index (χ2n) is 9.14. The van der Waals surface area contributed by atoms with Gasteiger partial charge in [-0.3, -0.25) is 14.6 Å². The van der Waals surface area contributed by atoms with Gasteiger partial charge in [0, 0.05) is 51.4 Å². The Morgan fingerprint density at radius 1 is 1.15 bits per heavy atom. The second kappa shape index (κ2) is 10.4. The number of nitrogens with one attached hydrogen (secondary N) is 1. The van der Waals surface area contributed by atoms with E-state index in [2.05, 4.69) is 10.2 Å². The van der Waals surface area contributed by atoms with E-state index in [1.54, 1.807) is 14.0 Å². The summed E-state index contributed by atoms with van der Waals surface area (Å²) in [5, 5.41) is 3.00. The summed E-state index contributed by atoms with van der Waals surface area (Å²) in [6, 6.07) is 5.20. The van der Waals surface area contributed by atoms with Gasteiger partial charge in [0.1, 0.15) is 0 Å². The number of nitrogens with zero attached hydrogens (tertiary/aromatic N) is 3. The van der Waals surface area contributed by atoms with Crippen LogP contribution in [0.1, 0.15) is 43.5 Å². The molecular weight excluding hydrogens is 420 g/mol. The van der Waals surface area contributed by atoms with Gasteiger partial charge in [0.2, 0.25) is 5.91 Å². The van der Waals surface area contributed by atoms with Crippen molar-refractivity contribution in [3.63, 3.8) is 0 Å². The van der Waals surface area contributed by atoms with E-state index >= 15 is 0 Å². The van der Waals surface area contributed by atoms with Gasteiger partial charge >= 0.3 is 12.0 Å². The van der Waals surface area contributed by atoms with E-state index < -0.39 is 12.0 Å². The molecule has 33 heavy (non-hydrogen) atoms. The molecule has 2 aliphatic heterocycles. The Labute approximate surface area is 196 Å². The molecule has 0 aliphatic carbocycles. The summed E-state index contributed by atoms with van der Waals surface area (Å²) in [4.78, 5) is 44.0. The Kier molecular flexibility index (Phi) is 7.79. The van der Waals surface area contributed by atoms with Crippen LogP contribution in [0.25, 0.3) is 0 Å². The van der Waals surface area contributed by atoms with Gasteiger partial charge in [-0.2, -0.15) is 0 Å². The van der Waals surface area contributed by atoms with Crippen molar-refractivity contribution in [3.05, 3.63) is 46.2 Å². The Balaban J connectivity index is 1.95. The number of carbonyl (C=O) groups is 3. The first-order chi connectivity index (χ1) is 15.6. The Bertz CT molecular complexity index is 948. The lowest BCUT2D eigenvalue weighted by Crippen LogP contribution is -2.53. The minimum atomic E-state index is -0.577. The highest BCUT2D eigenvalue weighted by atomic mass is 16.5. The SMILES string of the molecule is CCOC(=O)C1=C(CN2CCN(C(=O)C(C)C)CC2)N(C)C(=O)NC1c1cc(C)ccc1C. The molecule has 180 valence electrons. The molecule has 1 unspecified atom stereocenters. The second-order valence-corrected chi connectivity index (χ2v) is 9.14. The van der Waals surface area contributed by atoms with Gasteiger partial charge in [-0.15, -0.1) is 0 Å². The number of ether oxygens (including phenoxy) is 1. The largest absolute Gasteiger partial charge is 0.463 e. The lowest BCUT2D eigenvalue weighted by molar-refractivity contribution is -0.139. The predicted octanol–water partition coefficient (Wildman–Crippen LogP) is 2.62. The minimum Gasteiger partial charge on any atom is -0.463 e. The summed E-state index contributed by atoms with van der Waals surface area (Å²) in [7, 11) is 1.68. The van der Waals surface area contributed by atoms with E-state index in [-0.39, 0.29) is 24.5 Å². The van der Waals surface area contributed by atoms with Crippen LogP contribution in [0.3, 0.4) is 0 Å². The molecule has 0 aromatic heterocycles. The molecule has 1 atom stereocenters. The Hall–Kier alpha value is -2.87. The molecule has 1 fully saturated rings. The van der Waals surface area contributed by atoms with E-state index in [0.717, 1.165) is 16.7 Å². The maximum atomic E-state index is 13.2. The van der Waals surface area contributed by atoms with E-state index in [9.17, 15) is 14.4 Å². The number of urea groups is 1. The van der Waals surface area contributed by atoms with Crippen LogP contribution in [0.4, 0.5) is 4.79 Å². The molecule has 0 spiro atoms. The summed E-state index contributed by atoms with van der Waals surface area (Å²) in [6.45, 7) is 12.9. The Morgan fingerprint density at radius 2 is 1.82 bits per heavy atom. The third-order valence-corrected chi connectivity index (χ3v) is 6.37. The zero-order valence-electron chi connectivity index (χ0n) is 20.6. The third kappa shape index (κ3) is 5.38. The fourth-order valence-corrected chi connectivity index (χ4v) is 4.41. The maximum Gasteiger partial charge on any atom is 0.338 e. The van der Waals surface area contributed by atoms with Gasteiger partial charge in [0.05, 0.1) is 18.2 Å². The van der Waals surface area contributed by atoms with Gasteiger partial charge in [-0.25, -0.2) is 9.59 Å². The van der Waals surface area contributed by atoms with Crippen LogP contribution in [-0.4, -0.2) is 79.0 Å². The molecule has 1 aromatic rings. The first kappa shape index (κ1) is 24.8. The first-order valence-electron chi connectivity index (χ1n) is 11.7. The van der Waals surface area contributed by atoms with Crippen LogP contribution >= 0.6 is 0 Å². The number of hydrogen-bond donors (Lipinski definition) is 1. The van der Waals surface area contributed by atoms with Crippen LogP contribution in [0.5, 0.6) is 0 Å². The molecular formula is C25H36N4O4. The summed E-state index contributed by atoms with van der Waals surface area (Å²) in [6.07, 6.45) is 0. The zero-order valence-corrected chi connectivity index (χ0v) is 20.6. The number of esters is 1. The highest BCUT2D eigenvalue weighted by Gasteiger charge is 2.38. The molecule has 8 nitrogen and oxygen atoms in total. The molecule has 3 amide bonds. The van der Waals surface area contributed by atoms with Crippen LogP contribution in [0, 0.1) is 19.8 Å². The van der Waals surface area contributed by atoms with Crippen molar-refractivity contribution in [2.75, 3.05) is 46.4 Å². The average molecular weight is 457 g/mol. The summed E-state index contributed by atoms with van der Waals surface area (Å²) < 4.78 is 5.43. The number of hydrogen-bond acceptors (Lipinski definition) is 5. The summed E-state index contributed by atoms with van der Waals surface area (Å²) in [5.74, 6) is -0.287. The monoisotopic (exact) mass is 456 g/mol. The molecule has 8 heteroatoms. The third-order valence-electron chi connectivity index (χ3n) is 6.37. The number of carbonyl (C=O) groups excluding carboxylic acids is 3. The van der Waals surface area contributed by atoms with Gasteiger partial charge in [0.25, 0.3) is 0 Å². The topological polar surface area (TPSA) is 82.2 Å². The number of piperazine rings is 1. The number of rotatable bonds is 6. The number of amides is 3. The first-order valence-corrected chi connectivity index (χ1v) is 11.7. The lowest BCUT2D eigenvalue weighted by Gasteiger charge is -2.40. The van der Waals surface area contributed by atoms with Crippen LogP contribution in [0.15, 0.2) is 29.5 Å². The number of aryl methyl sites for hydroxylation is 2. The van der Waals surface area contributed by atoms with Crippen molar-refractivity contribution in [1.29, 1.82) is 0 Å². The van der Waals surface area contributed by atoms with Crippen molar-refractivity contribution >= 4 is 17.9 Å². The summed E-state index contributed by atoms with van der Waals surface area (Å²) >= 11 is 0. The maximum absolute atomic E-state index is 13.2. The zero-order chi connectivity index (χ0) is 24.3. The van der Waals surface area contributed by atoms with E-state index in [1.807, 2.05) is 50.8 Å². The summed E-state index contributed by atoms with van der Waals surface area (Å²) in [5.41, 5.74) is 4.06. The van der Waals surface area contributed by atoms with Crippen LogP contribution in [0.2, 0.25) is 0 Å². The predicted molar refractivity (Wildman–Crippen MR) is 126 cm³/mol. The van der Waals surface area contributed by atoms with Gasteiger partial charge in [0.15, 0.2) is 0 Å². The van der Waals surface area contributed by atoms with Crippen molar-refractivity contribution in [2.24, 2.45) is 5.92 Å². The molecule has 2 heterocycles. The molecule has 1 aromatic carbocycles. The quantitative estimate of drug-likeness (QED) is 0.666. The van der Waals surface area contributed by atoms with Crippen molar-refractivity contribution in [1.82, 2.24) is 20.0 Å². The van der Waals surface area contributed by atoms with Gasteiger partial charge < -0.3 is 15.0 Å². The molecule has 2 aliphatic rings. The van der Waals surface area contributed by atoms with Crippen molar-refractivity contribution in [3.8, 4) is 0 Å². The van der Waals surface area contributed by atoms with E-state index in [0.29, 0.717) is 44.0 Å². The van der Waals surface area contributed by atoms with Gasteiger partial charge in [-0.1, -0.05) is 37.6 Å². The minimum absolute atomic E-state index is 0.0267. The molecule has 0 bridgehead atoms. The average Bonchev–Trinajstić information content (AvgIpc) is 2.78. The van der Waals surface area contributed by atoms with E-state index in [1.165, 1.54) is 4.90 Å². The number of likely N-dealkylation sites (N-methyl/N-ethyl adjacent to an activating group) is 1. The fraction of sp³-hybridized carbons (Fsp3) is 0.560. The number of benzene rings is 1. The highest BCUT2D eigenvalue weighted by Crippen LogP contribution is 2.33. The van der Waals surface area contributed by atoms with E-state index in [4.69, 9.17) is 4.74 Å². The molecule has 3 rings (SSSR count). The highest BCUT2D eigenvalue weighted by molar-refractivity contribution is 5.95. The van der Waals surface area contributed by atoms with Gasteiger partial charge in [-0.05, 0) is 31.9 Å². The Morgan fingerprint density at radius 3 is 2.42 bits per heavy atom. The standard InChI is InChI=1S/C25H36N4O4/c1-7-33-24(31)21-20(15-28-10-12-29(13-11-28)23(30)16(2)3)27(6)25(32)26-22(21)19-14-17(4)8-9-18(19)5/h8-9,14,16,22H,7,10-13,15H2,1-6H3,(H,26,32). The van der Waals surface area contributed by atoms with Crippen LogP contribution in [-0.2, 0) is 14.3 Å². The lowest BCUT2D eigenvalue weighted by atomic mass is 9.90. The normalized spacial score (nSPS) is 19.7. The fourth-order valence-electron chi connectivity index (χ4n) is 4.41. The van der Waals surface area contributed by atoms with Crippen molar-refractivity contribution in [2.45, 2.75) is 40.7 Å². The van der Waals surface area contributed by atoms with Crippen LogP contribution < -0.4 is 5.32 Å². The smallest absolute Gasteiger partial charge is 0.338 e. The molecule has 1 saturated heterocycles.